The number of likely N-dealkylation sites (tertiary alicyclic amines) is 1. The zero-order valence-corrected chi connectivity index (χ0v) is 8.95. The van der Waals surface area contributed by atoms with Crippen LogP contribution in [0.2, 0.25) is 0 Å². The molecule has 0 unspecified atom stereocenters. The highest BCUT2D eigenvalue weighted by Gasteiger charge is 2.26. The Hall–Kier alpha value is -0.120. The molecule has 0 amide bonds. The van der Waals surface area contributed by atoms with Crippen LogP contribution in [0.25, 0.3) is 0 Å². The van der Waals surface area contributed by atoms with E-state index in [4.69, 9.17) is 10.5 Å². The van der Waals surface area contributed by atoms with Gasteiger partial charge in [0.05, 0.1) is 0 Å². The van der Waals surface area contributed by atoms with Gasteiger partial charge in [-0.1, -0.05) is 0 Å². The monoisotopic (exact) mass is 198 g/mol. The molecule has 0 aliphatic carbocycles. The summed E-state index contributed by atoms with van der Waals surface area (Å²) in [5, 5.41) is 0. The molecule has 0 aromatic carbocycles. The van der Waals surface area contributed by atoms with Gasteiger partial charge in [-0.2, -0.15) is 0 Å². The summed E-state index contributed by atoms with van der Waals surface area (Å²) in [7, 11) is 0. The summed E-state index contributed by atoms with van der Waals surface area (Å²) < 4.78 is 5.39. The molecule has 14 heavy (non-hydrogen) atoms. The molecule has 0 spiro atoms. The van der Waals surface area contributed by atoms with E-state index in [0.717, 1.165) is 31.7 Å². The van der Waals surface area contributed by atoms with Crippen LogP contribution in [0.5, 0.6) is 0 Å². The van der Waals surface area contributed by atoms with Gasteiger partial charge in [0, 0.05) is 25.8 Å². The van der Waals surface area contributed by atoms with Gasteiger partial charge in [0.2, 0.25) is 0 Å². The maximum atomic E-state index is 5.74. The molecule has 2 aliphatic heterocycles. The quantitative estimate of drug-likeness (QED) is 0.714. The number of piperidine rings is 1. The van der Waals surface area contributed by atoms with E-state index >= 15 is 0 Å². The van der Waals surface area contributed by atoms with E-state index in [9.17, 15) is 0 Å². The van der Waals surface area contributed by atoms with Gasteiger partial charge >= 0.3 is 0 Å². The second-order valence-electron chi connectivity index (χ2n) is 4.58. The Kier molecular flexibility index (Phi) is 3.79. The van der Waals surface area contributed by atoms with Gasteiger partial charge in [0.25, 0.3) is 0 Å². The van der Waals surface area contributed by atoms with E-state index in [1.165, 1.54) is 38.8 Å². The molecule has 3 nitrogen and oxygen atoms in total. The van der Waals surface area contributed by atoms with E-state index in [0.29, 0.717) is 0 Å². The normalized spacial score (nSPS) is 31.9. The SMILES string of the molecule is NC[C@@H]1CCCN(C2CCOCC2)C1. The lowest BCUT2D eigenvalue weighted by Crippen LogP contribution is -2.46. The second-order valence-corrected chi connectivity index (χ2v) is 4.58. The maximum Gasteiger partial charge on any atom is 0.0480 e. The lowest BCUT2D eigenvalue weighted by Gasteiger charge is -2.39. The van der Waals surface area contributed by atoms with Crippen molar-refractivity contribution in [2.45, 2.75) is 31.7 Å². The summed E-state index contributed by atoms with van der Waals surface area (Å²) in [4.78, 5) is 2.64. The fourth-order valence-electron chi connectivity index (χ4n) is 2.67. The minimum Gasteiger partial charge on any atom is -0.381 e. The van der Waals surface area contributed by atoms with Crippen molar-refractivity contribution in [3.05, 3.63) is 0 Å². The maximum absolute atomic E-state index is 5.74. The molecule has 0 bridgehead atoms. The molecule has 0 saturated carbocycles. The molecule has 0 aromatic rings. The Bertz CT molecular complexity index is 169. The van der Waals surface area contributed by atoms with Gasteiger partial charge in [-0.25, -0.2) is 0 Å². The van der Waals surface area contributed by atoms with Crippen LogP contribution in [-0.2, 0) is 4.74 Å². The van der Waals surface area contributed by atoms with Gasteiger partial charge in [-0.3, -0.25) is 4.90 Å². The van der Waals surface area contributed by atoms with Gasteiger partial charge in [-0.15, -0.1) is 0 Å². The van der Waals surface area contributed by atoms with E-state index in [1.807, 2.05) is 0 Å². The van der Waals surface area contributed by atoms with E-state index < -0.39 is 0 Å². The predicted octanol–water partition coefficient (Wildman–Crippen LogP) is 0.836. The third-order valence-electron chi connectivity index (χ3n) is 3.59. The van der Waals surface area contributed by atoms with Crippen LogP contribution in [0.4, 0.5) is 0 Å². The molecule has 2 rings (SSSR count). The van der Waals surface area contributed by atoms with Gasteiger partial charge in [-0.05, 0) is 44.7 Å². The van der Waals surface area contributed by atoms with Crippen molar-refractivity contribution < 1.29 is 4.74 Å². The number of nitrogens with zero attached hydrogens (tertiary/aromatic N) is 1. The highest BCUT2D eigenvalue weighted by molar-refractivity contribution is 4.80. The van der Waals surface area contributed by atoms with Crippen molar-refractivity contribution in [2.24, 2.45) is 11.7 Å². The van der Waals surface area contributed by atoms with Crippen LogP contribution in [0, 0.1) is 5.92 Å². The molecule has 2 N–H and O–H groups in total. The Morgan fingerprint density at radius 1 is 1.21 bits per heavy atom. The summed E-state index contributed by atoms with van der Waals surface area (Å²) >= 11 is 0. The third-order valence-corrected chi connectivity index (χ3v) is 3.59. The van der Waals surface area contributed by atoms with E-state index in [-0.39, 0.29) is 0 Å². The third kappa shape index (κ3) is 2.47. The van der Waals surface area contributed by atoms with Crippen molar-refractivity contribution >= 4 is 0 Å². The van der Waals surface area contributed by atoms with Gasteiger partial charge < -0.3 is 10.5 Å². The molecule has 2 saturated heterocycles. The van der Waals surface area contributed by atoms with Crippen LogP contribution in [0.1, 0.15) is 25.7 Å². The fourth-order valence-corrected chi connectivity index (χ4v) is 2.67. The Labute approximate surface area is 86.6 Å². The predicted molar refractivity (Wildman–Crippen MR) is 57.2 cm³/mol. The number of nitrogens with two attached hydrogens (primary N) is 1. The number of hydrogen-bond acceptors (Lipinski definition) is 3. The molecular formula is C11H22N2O. The largest absolute Gasteiger partial charge is 0.381 e. The first kappa shape index (κ1) is 10.4. The van der Waals surface area contributed by atoms with Crippen molar-refractivity contribution in [3.8, 4) is 0 Å². The van der Waals surface area contributed by atoms with Gasteiger partial charge in [0.15, 0.2) is 0 Å². The second kappa shape index (κ2) is 5.10. The number of rotatable bonds is 2. The molecule has 3 heteroatoms. The molecular weight excluding hydrogens is 176 g/mol. The molecule has 1 atom stereocenters. The van der Waals surface area contributed by atoms with E-state index in [1.54, 1.807) is 0 Å². The van der Waals surface area contributed by atoms with Crippen molar-refractivity contribution in [3.63, 3.8) is 0 Å². The molecule has 2 fully saturated rings. The number of hydrogen-bond donors (Lipinski definition) is 1. The van der Waals surface area contributed by atoms with Crippen LogP contribution in [0.15, 0.2) is 0 Å². The van der Waals surface area contributed by atoms with E-state index in [2.05, 4.69) is 4.90 Å². The standard InChI is InChI=1S/C11H22N2O/c12-8-10-2-1-5-13(9-10)11-3-6-14-7-4-11/h10-11H,1-9,12H2/t10-/m0/s1. The van der Waals surface area contributed by atoms with Gasteiger partial charge in [0.1, 0.15) is 0 Å². The zero-order valence-electron chi connectivity index (χ0n) is 8.95. The Balaban J connectivity index is 1.83. The average Bonchev–Trinajstić information content (AvgIpc) is 2.30. The first-order valence-electron chi connectivity index (χ1n) is 5.92. The summed E-state index contributed by atoms with van der Waals surface area (Å²) in [6.45, 7) is 5.27. The Morgan fingerprint density at radius 3 is 2.71 bits per heavy atom. The Morgan fingerprint density at radius 2 is 2.00 bits per heavy atom. The topological polar surface area (TPSA) is 38.5 Å². The number of ether oxygens (including phenoxy) is 1. The molecule has 0 aromatic heterocycles. The smallest absolute Gasteiger partial charge is 0.0480 e. The van der Waals surface area contributed by atoms with Crippen LogP contribution < -0.4 is 5.73 Å². The highest BCUT2D eigenvalue weighted by atomic mass is 16.5. The minimum atomic E-state index is 0.742. The molecule has 2 heterocycles. The summed E-state index contributed by atoms with van der Waals surface area (Å²) in [6, 6.07) is 0.776. The first-order chi connectivity index (χ1) is 6.90. The minimum absolute atomic E-state index is 0.742. The lowest BCUT2D eigenvalue weighted by atomic mass is 9.95. The molecule has 2 aliphatic rings. The summed E-state index contributed by atoms with van der Waals surface area (Å²) in [5.41, 5.74) is 5.74. The summed E-state index contributed by atoms with van der Waals surface area (Å²) in [5.74, 6) is 0.742. The average molecular weight is 198 g/mol. The molecule has 0 radical (unpaired) electrons. The van der Waals surface area contributed by atoms with Crippen LogP contribution >= 0.6 is 0 Å². The first-order valence-corrected chi connectivity index (χ1v) is 5.92. The van der Waals surface area contributed by atoms with Crippen LogP contribution in [-0.4, -0.2) is 43.8 Å². The lowest BCUT2D eigenvalue weighted by molar-refractivity contribution is 0.0186. The van der Waals surface area contributed by atoms with Crippen molar-refractivity contribution in [1.29, 1.82) is 0 Å². The van der Waals surface area contributed by atoms with Crippen LogP contribution in [0.3, 0.4) is 0 Å². The fraction of sp³-hybridized carbons (Fsp3) is 1.00. The van der Waals surface area contributed by atoms with Crippen molar-refractivity contribution in [1.82, 2.24) is 4.90 Å². The van der Waals surface area contributed by atoms with Crippen molar-refractivity contribution in [2.75, 3.05) is 32.8 Å². The molecule has 82 valence electrons. The zero-order chi connectivity index (χ0) is 9.80. The highest BCUT2D eigenvalue weighted by Crippen LogP contribution is 2.22. The summed E-state index contributed by atoms with van der Waals surface area (Å²) in [6.07, 6.45) is 5.10.